The van der Waals surface area contributed by atoms with Gasteiger partial charge in [0, 0.05) is 24.5 Å². The summed E-state index contributed by atoms with van der Waals surface area (Å²) in [5.74, 6) is 0.0471. The first kappa shape index (κ1) is 14.2. The molecular weight excluding hydrogens is 270 g/mol. The third-order valence-electron chi connectivity index (χ3n) is 2.85. The molecule has 1 amide bonds. The van der Waals surface area contributed by atoms with Crippen LogP contribution in [-0.2, 0) is 17.8 Å². The van der Waals surface area contributed by atoms with Gasteiger partial charge in [-0.1, -0.05) is 12.1 Å². The van der Waals surface area contributed by atoms with Crippen LogP contribution in [0.1, 0.15) is 29.0 Å². The SMILES string of the molecule is N#Cc1ccc(CNC(=O)CCCc2nccs2)cc1. The summed E-state index contributed by atoms with van der Waals surface area (Å²) < 4.78 is 0. The zero-order chi connectivity index (χ0) is 14.2. The molecule has 0 aliphatic carbocycles. The number of aromatic nitrogens is 1. The van der Waals surface area contributed by atoms with Crippen molar-refractivity contribution in [3.8, 4) is 6.07 Å². The molecule has 0 atom stereocenters. The Hall–Kier alpha value is -2.19. The van der Waals surface area contributed by atoms with Gasteiger partial charge in [-0.2, -0.15) is 5.26 Å². The molecule has 0 radical (unpaired) electrons. The summed E-state index contributed by atoms with van der Waals surface area (Å²) in [5.41, 5.74) is 1.63. The highest BCUT2D eigenvalue weighted by Crippen LogP contribution is 2.08. The van der Waals surface area contributed by atoms with Gasteiger partial charge in [-0.15, -0.1) is 11.3 Å². The Balaban J connectivity index is 1.68. The highest BCUT2D eigenvalue weighted by Gasteiger charge is 2.03. The highest BCUT2D eigenvalue weighted by atomic mass is 32.1. The maximum absolute atomic E-state index is 11.7. The van der Waals surface area contributed by atoms with Crippen LogP contribution in [0.4, 0.5) is 0 Å². The van der Waals surface area contributed by atoms with E-state index < -0.39 is 0 Å². The van der Waals surface area contributed by atoms with Gasteiger partial charge in [0.15, 0.2) is 0 Å². The van der Waals surface area contributed by atoms with Crippen molar-refractivity contribution in [2.75, 3.05) is 0 Å². The van der Waals surface area contributed by atoms with Crippen LogP contribution in [0.25, 0.3) is 0 Å². The average molecular weight is 285 g/mol. The van der Waals surface area contributed by atoms with Crippen molar-refractivity contribution in [1.82, 2.24) is 10.3 Å². The first-order valence-electron chi connectivity index (χ1n) is 6.42. The Kier molecular flexibility index (Phi) is 5.27. The number of carbonyl (C=O) groups excluding carboxylic acids is 1. The predicted octanol–water partition coefficient (Wildman–Crippen LogP) is 2.65. The Bertz CT molecular complexity index is 585. The van der Waals surface area contributed by atoms with Gasteiger partial charge in [-0.05, 0) is 30.5 Å². The molecular formula is C15H15N3OS. The summed E-state index contributed by atoms with van der Waals surface area (Å²) in [4.78, 5) is 15.9. The smallest absolute Gasteiger partial charge is 0.220 e. The molecule has 4 nitrogen and oxygen atoms in total. The first-order chi connectivity index (χ1) is 9.78. The molecule has 0 aliphatic heterocycles. The van der Waals surface area contributed by atoms with E-state index in [0.717, 1.165) is 23.4 Å². The molecule has 0 saturated carbocycles. The highest BCUT2D eigenvalue weighted by molar-refractivity contribution is 7.09. The van der Waals surface area contributed by atoms with Crippen LogP contribution in [0.3, 0.4) is 0 Å². The number of benzene rings is 1. The van der Waals surface area contributed by atoms with E-state index >= 15 is 0 Å². The van der Waals surface area contributed by atoms with E-state index in [1.807, 2.05) is 17.5 Å². The monoisotopic (exact) mass is 285 g/mol. The van der Waals surface area contributed by atoms with Crippen molar-refractivity contribution >= 4 is 17.2 Å². The molecule has 102 valence electrons. The molecule has 5 heteroatoms. The number of carbonyl (C=O) groups is 1. The van der Waals surface area contributed by atoms with E-state index in [1.165, 1.54) is 0 Å². The van der Waals surface area contributed by atoms with Crippen molar-refractivity contribution in [3.05, 3.63) is 52.0 Å². The van der Waals surface area contributed by atoms with Crippen LogP contribution >= 0.6 is 11.3 Å². The largest absolute Gasteiger partial charge is 0.352 e. The fourth-order valence-electron chi connectivity index (χ4n) is 1.76. The number of amides is 1. The fourth-order valence-corrected chi connectivity index (χ4v) is 2.43. The zero-order valence-electron chi connectivity index (χ0n) is 11.0. The average Bonchev–Trinajstić information content (AvgIpc) is 2.99. The van der Waals surface area contributed by atoms with Crippen molar-refractivity contribution < 1.29 is 4.79 Å². The van der Waals surface area contributed by atoms with Gasteiger partial charge in [0.25, 0.3) is 0 Å². The van der Waals surface area contributed by atoms with Gasteiger partial charge in [-0.3, -0.25) is 4.79 Å². The third kappa shape index (κ3) is 4.48. The van der Waals surface area contributed by atoms with Gasteiger partial charge < -0.3 is 5.32 Å². The molecule has 0 fully saturated rings. The van der Waals surface area contributed by atoms with Crippen LogP contribution < -0.4 is 5.32 Å². The number of thiazole rings is 1. The molecule has 1 aromatic carbocycles. The lowest BCUT2D eigenvalue weighted by Gasteiger charge is -2.05. The zero-order valence-corrected chi connectivity index (χ0v) is 11.8. The number of aryl methyl sites for hydroxylation is 1. The summed E-state index contributed by atoms with van der Waals surface area (Å²) in [5, 5.41) is 14.6. The standard InChI is InChI=1S/C15H15N3OS/c16-10-12-4-6-13(7-5-12)11-18-14(19)2-1-3-15-17-8-9-20-15/h4-9H,1-3,11H2,(H,18,19). The molecule has 0 spiro atoms. The minimum absolute atomic E-state index is 0.0471. The van der Waals surface area contributed by atoms with Gasteiger partial charge in [-0.25, -0.2) is 4.98 Å². The second kappa shape index (κ2) is 7.41. The van der Waals surface area contributed by atoms with Crippen LogP contribution in [0.5, 0.6) is 0 Å². The summed E-state index contributed by atoms with van der Waals surface area (Å²) in [6.07, 6.45) is 3.95. The molecule has 1 N–H and O–H groups in total. The van der Waals surface area contributed by atoms with E-state index in [0.29, 0.717) is 18.5 Å². The van der Waals surface area contributed by atoms with Crippen LogP contribution in [0.15, 0.2) is 35.8 Å². The fraction of sp³-hybridized carbons (Fsp3) is 0.267. The summed E-state index contributed by atoms with van der Waals surface area (Å²) in [6, 6.07) is 9.29. The molecule has 2 rings (SSSR count). The topological polar surface area (TPSA) is 65.8 Å². The van der Waals surface area contributed by atoms with E-state index in [2.05, 4.69) is 16.4 Å². The van der Waals surface area contributed by atoms with E-state index in [1.54, 1.807) is 29.7 Å². The van der Waals surface area contributed by atoms with Gasteiger partial charge in [0.1, 0.15) is 0 Å². The van der Waals surface area contributed by atoms with Crippen molar-refractivity contribution in [2.24, 2.45) is 0 Å². The van der Waals surface area contributed by atoms with E-state index in [9.17, 15) is 4.79 Å². The van der Waals surface area contributed by atoms with Crippen LogP contribution in [0.2, 0.25) is 0 Å². The lowest BCUT2D eigenvalue weighted by atomic mass is 10.1. The van der Waals surface area contributed by atoms with E-state index in [4.69, 9.17) is 5.26 Å². The lowest BCUT2D eigenvalue weighted by Crippen LogP contribution is -2.22. The minimum atomic E-state index is 0.0471. The number of nitrogens with zero attached hydrogens (tertiary/aromatic N) is 2. The first-order valence-corrected chi connectivity index (χ1v) is 7.30. The molecule has 2 aromatic rings. The maximum atomic E-state index is 11.7. The summed E-state index contributed by atoms with van der Waals surface area (Å²) in [6.45, 7) is 0.502. The Morgan fingerprint density at radius 1 is 1.35 bits per heavy atom. The summed E-state index contributed by atoms with van der Waals surface area (Å²) >= 11 is 1.62. The van der Waals surface area contributed by atoms with Crippen molar-refractivity contribution in [2.45, 2.75) is 25.8 Å². The normalized spacial score (nSPS) is 9.95. The number of nitrogens with one attached hydrogen (secondary N) is 1. The number of hydrogen-bond acceptors (Lipinski definition) is 4. The quantitative estimate of drug-likeness (QED) is 0.887. The minimum Gasteiger partial charge on any atom is -0.352 e. The molecule has 1 heterocycles. The number of nitriles is 1. The third-order valence-corrected chi connectivity index (χ3v) is 3.69. The molecule has 0 saturated heterocycles. The molecule has 0 unspecified atom stereocenters. The Labute approximate surface area is 122 Å². The van der Waals surface area contributed by atoms with Crippen molar-refractivity contribution in [1.29, 1.82) is 5.26 Å². The molecule has 1 aromatic heterocycles. The molecule has 0 aliphatic rings. The molecule has 20 heavy (non-hydrogen) atoms. The van der Waals surface area contributed by atoms with Gasteiger partial charge >= 0.3 is 0 Å². The maximum Gasteiger partial charge on any atom is 0.220 e. The van der Waals surface area contributed by atoms with Crippen molar-refractivity contribution in [3.63, 3.8) is 0 Å². The number of rotatable bonds is 6. The Morgan fingerprint density at radius 3 is 2.80 bits per heavy atom. The Morgan fingerprint density at radius 2 is 2.15 bits per heavy atom. The van der Waals surface area contributed by atoms with E-state index in [-0.39, 0.29) is 5.91 Å². The number of hydrogen-bond donors (Lipinski definition) is 1. The summed E-state index contributed by atoms with van der Waals surface area (Å²) in [7, 11) is 0. The predicted molar refractivity (Wildman–Crippen MR) is 78.1 cm³/mol. The van der Waals surface area contributed by atoms with Gasteiger partial charge in [0.2, 0.25) is 5.91 Å². The van der Waals surface area contributed by atoms with Crippen LogP contribution in [-0.4, -0.2) is 10.9 Å². The molecule has 0 bridgehead atoms. The van der Waals surface area contributed by atoms with Crippen LogP contribution in [0, 0.1) is 11.3 Å². The second-order valence-electron chi connectivity index (χ2n) is 4.36. The second-order valence-corrected chi connectivity index (χ2v) is 5.34. The lowest BCUT2D eigenvalue weighted by molar-refractivity contribution is -0.121. The van der Waals surface area contributed by atoms with Gasteiger partial charge in [0.05, 0.1) is 16.6 Å².